The lowest BCUT2D eigenvalue weighted by atomic mass is 9.66. The normalized spacial score (nSPS) is 24.1. The lowest BCUT2D eigenvalue weighted by molar-refractivity contribution is 0.0757. The summed E-state index contributed by atoms with van der Waals surface area (Å²) in [4.78, 5) is 26.1. The number of carbonyl (C=O) groups excluding carboxylic acids is 1. The average Bonchev–Trinajstić information content (AvgIpc) is 3.31. The number of allylic oxidation sites excluding steroid dienone is 3. The average molecular weight is 844 g/mol. The van der Waals surface area contributed by atoms with Gasteiger partial charge in [0.05, 0.1) is 34.5 Å². The Kier molecular flexibility index (Phi) is 12.6. The quantitative estimate of drug-likeness (QED) is 0.275. The van der Waals surface area contributed by atoms with Gasteiger partial charge >= 0.3 is 6.03 Å². The maximum absolute atomic E-state index is 15.3. The number of nitrogens with zero attached hydrogens (tertiary/aromatic N) is 4. The van der Waals surface area contributed by atoms with E-state index >= 15 is 4.79 Å². The van der Waals surface area contributed by atoms with E-state index in [4.69, 9.17) is 44.5 Å². The third kappa shape index (κ3) is 8.96. The first-order valence-corrected chi connectivity index (χ1v) is 22.3. The number of amides is 2. The number of benzene rings is 2. The lowest BCUT2D eigenvalue weighted by Gasteiger charge is -2.49. The molecule has 5 rings (SSSR count). The number of ether oxygens (including phenoxy) is 1. The Balaban J connectivity index is 1.70. The molecule has 0 bridgehead atoms. The van der Waals surface area contributed by atoms with Crippen LogP contribution in [-0.2, 0) is 25.6 Å². The van der Waals surface area contributed by atoms with Crippen molar-refractivity contribution in [2.45, 2.75) is 69.5 Å². The summed E-state index contributed by atoms with van der Waals surface area (Å²) in [5.41, 5.74) is -1.98. The first-order chi connectivity index (χ1) is 25.1. The summed E-state index contributed by atoms with van der Waals surface area (Å²) < 4.78 is 62.3. The molecule has 12 nitrogen and oxygen atoms in total. The molecule has 1 saturated heterocycles. The van der Waals surface area contributed by atoms with Crippen LogP contribution in [0.5, 0.6) is 5.75 Å². The second-order valence-electron chi connectivity index (χ2n) is 15.1. The van der Waals surface area contributed by atoms with Crippen LogP contribution in [0.4, 0.5) is 4.79 Å². The Hall–Kier alpha value is -2.69. The maximum atomic E-state index is 15.3. The number of aliphatic imine (C=N–C) groups is 1. The molecule has 1 unspecified atom stereocenters. The van der Waals surface area contributed by atoms with Gasteiger partial charge in [-0.2, -0.15) is 0 Å². The van der Waals surface area contributed by atoms with E-state index in [0.717, 1.165) is 11.8 Å². The van der Waals surface area contributed by atoms with Gasteiger partial charge in [0.25, 0.3) is 0 Å². The Morgan fingerprint density at radius 1 is 1.02 bits per heavy atom. The molecule has 17 heteroatoms. The highest BCUT2D eigenvalue weighted by atomic mass is 35.5. The smallest absolute Gasteiger partial charge is 0.326 e. The standard InChI is InChI=1S/C37H49Cl3N6O6S2/c1-8-52-31-24-30(40)32(54(50,51)43-35(2,3)4)23-29(31)33-42-36(5,25-9-13-27(38)14-10-25)37(6,26-11-15-28(39)16-12-26)46(33)34(47)45-21-19-44(20-22-45)18-17-41-53(7,48)49/h9,11-16,23-25,41,43H,8,10,17-22H2,1-7H3/t25?,36-,37+/m0/s1. The van der Waals surface area contributed by atoms with Crippen LogP contribution in [-0.4, -0.2) is 107 Å². The molecule has 54 heavy (non-hydrogen) atoms. The van der Waals surface area contributed by atoms with E-state index in [2.05, 4.69) is 14.3 Å². The van der Waals surface area contributed by atoms with Crippen LogP contribution in [0.15, 0.2) is 69.5 Å². The van der Waals surface area contributed by atoms with Gasteiger partial charge in [-0.3, -0.25) is 14.8 Å². The van der Waals surface area contributed by atoms with Crippen molar-refractivity contribution < 1.29 is 26.4 Å². The third-order valence-corrected chi connectivity index (χ3v) is 13.6. The van der Waals surface area contributed by atoms with Crippen LogP contribution >= 0.6 is 34.8 Å². The van der Waals surface area contributed by atoms with E-state index in [0.29, 0.717) is 49.2 Å². The fourth-order valence-corrected chi connectivity index (χ4v) is 9.99. The largest absolute Gasteiger partial charge is 0.493 e. The Morgan fingerprint density at radius 2 is 1.67 bits per heavy atom. The molecule has 2 heterocycles. The number of hydrogen-bond acceptors (Lipinski definition) is 8. The highest BCUT2D eigenvalue weighted by molar-refractivity contribution is 7.89. The molecule has 2 amide bonds. The molecule has 2 aliphatic heterocycles. The fraction of sp³-hybridized carbons (Fsp3) is 0.514. The van der Waals surface area contributed by atoms with Crippen LogP contribution in [0.2, 0.25) is 10.0 Å². The number of nitrogens with one attached hydrogen (secondary N) is 2. The van der Waals surface area contributed by atoms with E-state index in [1.54, 1.807) is 49.6 Å². The van der Waals surface area contributed by atoms with Crippen LogP contribution < -0.4 is 14.2 Å². The summed E-state index contributed by atoms with van der Waals surface area (Å²) >= 11 is 19.5. The van der Waals surface area contributed by atoms with Crippen molar-refractivity contribution in [3.8, 4) is 5.75 Å². The van der Waals surface area contributed by atoms with Crippen molar-refractivity contribution in [1.82, 2.24) is 24.1 Å². The van der Waals surface area contributed by atoms with Gasteiger partial charge in [-0.25, -0.2) is 31.1 Å². The molecule has 0 radical (unpaired) electrons. The number of amidine groups is 1. The minimum absolute atomic E-state index is 0.0462. The van der Waals surface area contributed by atoms with E-state index in [-0.39, 0.29) is 52.2 Å². The molecule has 0 spiro atoms. The predicted octanol–water partition coefficient (Wildman–Crippen LogP) is 6.19. The monoisotopic (exact) mass is 842 g/mol. The van der Waals surface area contributed by atoms with Crippen molar-refractivity contribution in [1.29, 1.82) is 0 Å². The minimum atomic E-state index is -4.16. The molecule has 0 saturated carbocycles. The molecule has 2 aromatic rings. The van der Waals surface area contributed by atoms with Crippen molar-refractivity contribution in [3.63, 3.8) is 0 Å². The van der Waals surface area contributed by atoms with Crippen LogP contribution in [0, 0.1) is 5.92 Å². The summed E-state index contributed by atoms with van der Waals surface area (Å²) in [7, 11) is -7.49. The number of carbonyl (C=O) groups is 1. The number of halogens is 3. The topological polar surface area (TPSA) is 141 Å². The zero-order valence-electron chi connectivity index (χ0n) is 31.6. The first-order valence-electron chi connectivity index (χ1n) is 17.8. The second kappa shape index (κ2) is 16.0. The number of hydrogen-bond donors (Lipinski definition) is 2. The van der Waals surface area contributed by atoms with E-state index in [1.165, 1.54) is 12.1 Å². The van der Waals surface area contributed by atoms with Crippen molar-refractivity contribution in [3.05, 3.63) is 80.8 Å². The minimum Gasteiger partial charge on any atom is -0.493 e. The Labute approximate surface area is 334 Å². The Bertz CT molecular complexity index is 2060. The van der Waals surface area contributed by atoms with Gasteiger partial charge in [-0.05, 0) is 77.8 Å². The Morgan fingerprint density at radius 3 is 2.22 bits per heavy atom. The van der Waals surface area contributed by atoms with Gasteiger partial charge in [0.1, 0.15) is 16.5 Å². The van der Waals surface area contributed by atoms with Crippen LogP contribution in [0.25, 0.3) is 0 Å². The highest BCUT2D eigenvalue weighted by Crippen LogP contribution is 2.54. The molecular formula is C37H49Cl3N6O6S2. The number of urea groups is 1. The first kappa shape index (κ1) is 42.5. The molecule has 0 aromatic heterocycles. The van der Waals surface area contributed by atoms with Crippen molar-refractivity contribution in [2.75, 3.05) is 52.1 Å². The molecule has 2 aromatic carbocycles. The lowest BCUT2D eigenvalue weighted by Crippen LogP contribution is -2.62. The molecule has 2 N–H and O–H groups in total. The highest BCUT2D eigenvalue weighted by Gasteiger charge is 2.62. The summed E-state index contributed by atoms with van der Waals surface area (Å²) in [6, 6.07) is 9.88. The number of rotatable bonds is 11. The van der Waals surface area contributed by atoms with Crippen molar-refractivity contribution in [2.24, 2.45) is 10.9 Å². The third-order valence-electron chi connectivity index (χ3n) is 10.1. The molecule has 1 aliphatic carbocycles. The van der Waals surface area contributed by atoms with Crippen molar-refractivity contribution >= 4 is 66.7 Å². The summed E-state index contributed by atoms with van der Waals surface area (Å²) in [5, 5.41) is 1.07. The van der Waals surface area contributed by atoms with Crippen LogP contribution in [0.1, 0.15) is 59.1 Å². The fourth-order valence-electron chi connectivity index (χ4n) is 7.27. The van der Waals surface area contributed by atoms with Crippen LogP contribution in [0.3, 0.4) is 0 Å². The van der Waals surface area contributed by atoms with Gasteiger partial charge in [0.2, 0.25) is 20.0 Å². The zero-order chi connectivity index (χ0) is 39.9. The van der Waals surface area contributed by atoms with Gasteiger partial charge in [-0.1, -0.05) is 59.1 Å². The number of sulfonamides is 2. The zero-order valence-corrected chi connectivity index (χ0v) is 35.5. The number of piperazine rings is 1. The van der Waals surface area contributed by atoms with Gasteiger partial charge in [-0.15, -0.1) is 0 Å². The van der Waals surface area contributed by atoms with E-state index in [1.807, 2.05) is 44.2 Å². The molecule has 3 aliphatic rings. The molecule has 3 atom stereocenters. The second-order valence-corrected chi connectivity index (χ2v) is 19.9. The predicted molar refractivity (Wildman–Crippen MR) is 216 cm³/mol. The van der Waals surface area contributed by atoms with E-state index < -0.39 is 36.7 Å². The van der Waals surface area contributed by atoms with E-state index in [9.17, 15) is 16.8 Å². The molecule has 296 valence electrons. The summed E-state index contributed by atoms with van der Waals surface area (Å²) in [5.74, 6) is 0.240. The summed E-state index contributed by atoms with van der Waals surface area (Å²) in [6.45, 7) is 13.7. The summed E-state index contributed by atoms with van der Waals surface area (Å²) in [6.07, 6.45) is 7.41. The maximum Gasteiger partial charge on any atom is 0.326 e. The molecular weight excluding hydrogens is 795 g/mol. The molecule has 1 fully saturated rings. The van der Waals surface area contributed by atoms with Gasteiger partial charge in [0.15, 0.2) is 0 Å². The van der Waals surface area contributed by atoms with Gasteiger partial charge in [0, 0.05) is 66.8 Å². The SMILES string of the molecule is CCOc1cc(Cl)c(S(=O)(=O)NC(C)(C)C)cc1C1=N[C@@](C)(C2C=CC(Cl)=CC2)[C@@](C)(c2ccc(Cl)cc2)N1C(=O)N1CCN(CCNS(C)(=O)=O)CC1. The van der Waals surface area contributed by atoms with Gasteiger partial charge < -0.3 is 9.64 Å².